The second-order valence-electron chi connectivity index (χ2n) is 4.80. The second kappa shape index (κ2) is 5.81. The fourth-order valence-corrected chi connectivity index (χ4v) is 2.31. The van der Waals surface area contributed by atoms with Crippen molar-refractivity contribution in [3.63, 3.8) is 0 Å². The van der Waals surface area contributed by atoms with Crippen molar-refractivity contribution in [2.24, 2.45) is 4.99 Å². The Hall–Kier alpha value is -1.37. The molecule has 0 radical (unpaired) electrons. The minimum atomic E-state index is 0.557. The lowest BCUT2D eigenvalue weighted by molar-refractivity contribution is 0.547. The van der Waals surface area contributed by atoms with Gasteiger partial charge < -0.3 is 0 Å². The average molecular weight is 227 g/mol. The number of hydrogen-bond acceptors (Lipinski definition) is 1. The molecular weight excluding hydrogens is 206 g/mol. The summed E-state index contributed by atoms with van der Waals surface area (Å²) in [6, 6.07) is 9.40. The Morgan fingerprint density at radius 2 is 2.00 bits per heavy atom. The third-order valence-electron chi connectivity index (χ3n) is 3.45. The molecule has 0 N–H and O–H groups in total. The zero-order valence-electron chi connectivity index (χ0n) is 10.6. The molecule has 17 heavy (non-hydrogen) atoms. The second-order valence-corrected chi connectivity index (χ2v) is 4.80. The van der Waals surface area contributed by atoms with Crippen molar-refractivity contribution >= 4 is 12.3 Å². The standard InChI is InChI=1S/C16H21N/c1-3-5-14(10-11-16-12-17-16)15-8-6-13(4-2)7-9-15/h4,6-9,12,14,16H,2-3,5,10-11H2,1H3. The minimum absolute atomic E-state index is 0.557. The van der Waals surface area contributed by atoms with Gasteiger partial charge >= 0.3 is 0 Å². The SMILES string of the molecule is C=Cc1ccc(C(CCC)CCC2C=N2)cc1. The molecule has 0 fully saturated rings. The third-order valence-corrected chi connectivity index (χ3v) is 3.45. The van der Waals surface area contributed by atoms with E-state index in [0.29, 0.717) is 12.0 Å². The van der Waals surface area contributed by atoms with Gasteiger partial charge in [-0.05, 0) is 36.3 Å². The first-order valence-electron chi connectivity index (χ1n) is 6.59. The van der Waals surface area contributed by atoms with Gasteiger partial charge in [0.05, 0.1) is 6.04 Å². The van der Waals surface area contributed by atoms with E-state index in [9.17, 15) is 0 Å². The molecule has 1 aliphatic rings. The van der Waals surface area contributed by atoms with Crippen LogP contribution in [0.25, 0.3) is 6.08 Å². The van der Waals surface area contributed by atoms with Crippen LogP contribution >= 0.6 is 0 Å². The molecule has 1 aromatic rings. The van der Waals surface area contributed by atoms with E-state index in [1.54, 1.807) is 0 Å². The maximum Gasteiger partial charge on any atom is 0.0843 e. The largest absolute Gasteiger partial charge is 0.286 e. The van der Waals surface area contributed by atoms with Crippen LogP contribution in [0.5, 0.6) is 0 Å². The smallest absolute Gasteiger partial charge is 0.0843 e. The van der Waals surface area contributed by atoms with Crippen LogP contribution in [-0.4, -0.2) is 12.3 Å². The predicted octanol–water partition coefficient (Wildman–Crippen LogP) is 4.45. The van der Waals surface area contributed by atoms with Gasteiger partial charge in [-0.15, -0.1) is 0 Å². The van der Waals surface area contributed by atoms with E-state index in [-0.39, 0.29) is 0 Å². The van der Waals surface area contributed by atoms with Crippen LogP contribution < -0.4 is 0 Å². The number of aliphatic imine (C=N–C) groups is 1. The highest BCUT2D eigenvalue weighted by atomic mass is 14.9. The highest BCUT2D eigenvalue weighted by molar-refractivity contribution is 5.77. The molecule has 2 unspecified atom stereocenters. The molecule has 1 nitrogen and oxygen atoms in total. The van der Waals surface area contributed by atoms with Gasteiger partial charge in [0, 0.05) is 6.21 Å². The predicted molar refractivity (Wildman–Crippen MR) is 75.7 cm³/mol. The van der Waals surface area contributed by atoms with E-state index >= 15 is 0 Å². The van der Waals surface area contributed by atoms with Gasteiger partial charge in [-0.3, -0.25) is 4.99 Å². The molecule has 0 bridgehead atoms. The summed E-state index contributed by atoms with van der Waals surface area (Å²) >= 11 is 0. The van der Waals surface area contributed by atoms with E-state index in [2.05, 4.69) is 49.0 Å². The lowest BCUT2D eigenvalue weighted by atomic mass is 9.89. The molecule has 1 aromatic carbocycles. The van der Waals surface area contributed by atoms with Crippen LogP contribution in [0.3, 0.4) is 0 Å². The Balaban J connectivity index is 1.98. The fourth-order valence-electron chi connectivity index (χ4n) is 2.31. The van der Waals surface area contributed by atoms with Gasteiger partial charge in [0.2, 0.25) is 0 Å². The Labute approximate surface area is 104 Å². The molecule has 2 atom stereocenters. The van der Waals surface area contributed by atoms with Crippen molar-refractivity contribution in [1.29, 1.82) is 0 Å². The molecular formula is C16H21N. The van der Waals surface area contributed by atoms with Gasteiger partial charge in [-0.25, -0.2) is 0 Å². The van der Waals surface area contributed by atoms with Crippen molar-refractivity contribution in [3.8, 4) is 0 Å². The molecule has 90 valence electrons. The van der Waals surface area contributed by atoms with Gasteiger partial charge in [-0.1, -0.05) is 50.3 Å². The number of hydrogen-bond donors (Lipinski definition) is 0. The molecule has 1 heterocycles. The van der Waals surface area contributed by atoms with Crippen molar-refractivity contribution in [2.45, 2.75) is 44.6 Å². The van der Waals surface area contributed by atoms with Crippen LogP contribution in [0, 0.1) is 0 Å². The van der Waals surface area contributed by atoms with Crippen LogP contribution in [0.1, 0.15) is 49.7 Å². The van der Waals surface area contributed by atoms with Crippen LogP contribution in [0.15, 0.2) is 35.8 Å². The quantitative estimate of drug-likeness (QED) is 0.652. The molecule has 2 rings (SSSR count). The van der Waals surface area contributed by atoms with Gasteiger partial charge in [0.25, 0.3) is 0 Å². The summed E-state index contributed by atoms with van der Waals surface area (Å²) in [5, 5.41) is 0. The van der Waals surface area contributed by atoms with Gasteiger partial charge in [0.15, 0.2) is 0 Å². The summed E-state index contributed by atoms with van der Waals surface area (Å²) in [5.41, 5.74) is 2.67. The monoisotopic (exact) mass is 227 g/mol. The molecule has 0 aliphatic carbocycles. The molecule has 1 aliphatic heterocycles. The number of nitrogens with zero attached hydrogens (tertiary/aromatic N) is 1. The summed E-state index contributed by atoms with van der Waals surface area (Å²) in [5.74, 6) is 0.697. The highest BCUT2D eigenvalue weighted by Gasteiger charge is 2.17. The summed E-state index contributed by atoms with van der Waals surface area (Å²) < 4.78 is 0. The first-order valence-corrected chi connectivity index (χ1v) is 6.59. The normalized spacial score (nSPS) is 19.0. The summed E-state index contributed by atoms with van der Waals surface area (Å²) in [6.45, 7) is 6.06. The lowest BCUT2D eigenvalue weighted by Crippen LogP contribution is -2.01. The lowest BCUT2D eigenvalue weighted by Gasteiger charge is -2.16. The minimum Gasteiger partial charge on any atom is -0.286 e. The first kappa shape index (κ1) is 12.1. The fraction of sp³-hybridized carbons (Fsp3) is 0.438. The van der Waals surface area contributed by atoms with Crippen LogP contribution in [-0.2, 0) is 0 Å². The number of rotatable bonds is 7. The Morgan fingerprint density at radius 1 is 1.29 bits per heavy atom. The highest BCUT2D eigenvalue weighted by Crippen LogP contribution is 2.28. The van der Waals surface area contributed by atoms with Crippen molar-refractivity contribution in [1.82, 2.24) is 0 Å². The average Bonchev–Trinajstić information content (AvgIpc) is 3.19. The maximum atomic E-state index is 4.22. The van der Waals surface area contributed by atoms with Crippen molar-refractivity contribution in [3.05, 3.63) is 42.0 Å². The van der Waals surface area contributed by atoms with E-state index in [1.165, 1.54) is 36.8 Å². The van der Waals surface area contributed by atoms with E-state index < -0.39 is 0 Å². The molecule has 0 amide bonds. The Morgan fingerprint density at radius 3 is 2.53 bits per heavy atom. The third kappa shape index (κ3) is 3.55. The van der Waals surface area contributed by atoms with Gasteiger partial charge in [-0.2, -0.15) is 0 Å². The summed E-state index contributed by atoms with van der Waals surface area (Å²) in [4.78, 5) is 4.22. The van der Waals surface area contributed by atoms with Crippen molar-refractivity contribution in [2.75, 3.05) is 0 Å². The summed E-state index contributed by atoms with van der Waals surface area (Å²) in [7, 11) is 0. The topological polar surface area (TPSA) is 12.4 Å². The Bertz CT molecular complexity index is 382. The Kier molecular flexibility index (Phi) is 4.13. The zero-order chi connectivity index (χ0) is 12.1. The van der Waals surface area contributed by atoms with Crippen LogP contribution in [0.4, 0.5) is 0 Å². The van der Waals surface area contributed by atoms with Crippen molar-refractivity contribution < 1.29 is 0 Å². The zero-order valence-corrected chi connectivity index (χ0v) is 10.6. The molecule has 0 saturated heterocycles. The van der Waals surface area contributed by atoms with Gasteiger partial charge in [0.1, 0.15) is 0 Å². The molecule has 1 heteroatoms. The maximum absolute atomic E-state index is 4.22. The molecule has 0 aromatic heterocycles. The van der Waals surface area contributed by atoms with E-state index in [0.717, 1.165) is 0 Å². The number of benzene rings is 1. The van der Waals surface area contributed by atoms with E-state index in [4.69, 9.17) is 0 Å². The first-order chi connectivity index (χ1) is 8.33. The molecule has 0 saturated carbocycles. The molecule has 0 spiro atoms. The van der Waals surface area contributed by atoms with Crippen LogP contribution in [0.2, 0.25) is 0 Å². The van der Waals surface area contributed by atoms with E-state index in [1.807, 2.05) is 6.08 Å². The summed E-state index contributed by atoms with van der Waals surface area (Å²) in [6.07, 6.45) is 8.96.